The van der Waals surface area contributed by atoms with Gasteiger partial charge in [-0.3, -0.25) is 4.98 Å². The highest BCUT2D eigenvalue weighted by molar-refractivity contribution is 9.10. The summed E-state index contributed by atoms with van der Waals surface area (Å²) < 4.78 is 14.5. The fourth-order valence-corrected chi connectivity index (χ4v) is 2.15. The molecule has 0 aliphatic carbocycles. The van der Waals surface area contributed by atoms with Gasteiger partial charge in [-0.2, -0.15) is 0 Å². The Balaban J connectivity index is 2.23. The van der Waals surface area contributed by atoms with Crippen LogP contribution in [0, 0.1) is 5.82 Å². The largest absolute Gasteiger partial charge is 0.264 e. The van der Waals surface area contributed by atoms with Crippen molar-refractivity contribution >= 4 is 26.8 Å². The Morgan fingerprint density at radius 3 is 2.83 bits per heavy atom. The highest BCUT2D eigenvalue weighted by atomic mass is 79.9. The fourth-order valence-electron chi connectivity index (χ4n) is 1.70. The van der Waals surface area contributed by atoms with Crippen LogP contribution in [-0.4, -0.2) is 15.0 Å². The van der Waals surface area contributed by atoms with Gasteiger partial charge in [0.15, 0.2) is 11.6 Å². The molecule has 0 saturated carbocycles. The van der Waals surface area contributed by atoms with Crippen molar-refractivity contribution in [3.05, 3.63) is 53.1 Å². The standard InChI is InChI=1S/C13H7BrFN3/c14-10-4-9-7-17-13(8-2-1-3-16-6-8)18-12(9)11(15)5-10/h1-7H. The van der Waals surface area contributed by atoms with E-state index in [1.165, 1.54) is 6.07 Å². The summed E-state index contributed by atoms with van der Waals surface area (Å²) in [5, 5.41) is 0.662. The number of aromatic nitrogens is 3. The normalized spacial score (nSPS) is 10.8. The van der Waals surface area contributed by atoms with Gasteiger partial charge in [0.2, 0.25) is 0 Å². The summed E-state index contributed by atoms with van der Waals surface area (Å²) in [4.78, 5) is 12.5. The van der Waals surface area contributed by atoms with Crippen LogP contribution in [0.3, 0.4) is 0 Å². The molecule has 0 aliphatic rings. The molecule has 2 heterocycles. The van der Waals surface area contributed by atoms with Gasteiger partial charge >= 0.3 is 0 Å². The van der Waals surface area contributed by atoms with Crippen LogP contribution in [0.5, 0.6) is 0 Å². The van der Waals surface area contributed by atoms with E-state index in [0.29, 0.717) is 21.2 Å². The lowest BCUT2D eigenvalue weighted by atomic mass is 10.2. The molecular formula is C13H7BrFN3. The molecule has 3 rings (SSSR count). The SMILES string of the molecule is Fc1cc(Br)cc2cnc(-c3cccnc3)nc12. The molecule has 0 N–H and O–H groups in total. The first kappa shape index (κ1) is 11.2. The Bertz CT molecular complexity index is 716. The van der Waals surface area contributed by atoms with E-state index >= 15 is 0 Å². The molecule has 18 heavy (non-hydrogen) atoms. The second-order valence-electron chi connectivity index (χ2n) is 3.76. The molecule has 0 atom stereocenters. The molecule has 0 spiro atoms. The second kappa shape index (κ2) is 4.42. The summed E-state index contributed by atoms with van der Waals surface area (Å²) in [6.45, 7) is 0. The van der Waals surface area contributed by atoms with Crippen molar-refractivity contribution < 1.29 is 4.39 Å². The van der Waals surface area contributed by atoms with Crippen molar-refractivity contribution in [3.63, 3.8) is 0 Å². The molecule has 0 unspecified atom stereocenters. The van der Waals surface area contributed by atoms with Crippen molar-refractivity contribution in [2.45, 2.75) is 0 Å². The smallest absolute Gasteiger partial charge is 0.161 e. The molecule has 0 fully saturated rings. The van der Waals surface area contributed by atoms with Gasteiger partial charge in [0.1, 0.15) is 5.52 Å². The first-order chi connectivity index (χ1) is 8.74. The van der Waals surface area contributed by atoms with Crippen molar-refractivity contribution in [1.82, 2.24) is 15.0 Å². The van der Waals surface area contributed by atoms with Gasteiger partial charge in [0.25, 0.3) is 0 Å². The molecule has 3 nitrogen and oxygen atoms in total. The molecule has 5 heteroatoms. The monoisotopic (exact) mass is 303 g/mol. The molecular weight excluding hydrogens is 297 g/mol. The van der Waals surface area contributed by atoms with Gasteiger partial charge in [-0.25, -0.2) is 14.4 Å². The zero-order chi connectivity index (χ0) is 12.5. The first-order valence-electron chi connectivity index (χ1n) is 5.26. The van der Waals surface area contributed by atoms with Crippen LogP contribution in [0.1, 0.15) is 0 Å². The lowest BCUT2D eigenvalue weighted by Crippen LogP contribution is -1.92. The van der Waals surface area contributed by atoms with Gasteiger partial charge in [0, 0.05) is 34.0 Å². The van der Waals surface area contributed by atoms with Crippen molar-refractivity contribution in [3.8, 4) is 11.4 Å². The number of benzene rings is 1. The van der Waals surface area contributed by atoms with Crippen molar-refractivity contribution in [2.24, 2.45) is 0 Å². The van der Waals surface area contributed by atoms with E-state index in [0.717, 1.165) is 5.56 Å². The Morgan fingerprint density at radius 2 is 2.06 bits per heavy atom. The number of halogens is 2. The number of rotatable bonds is 1. The summed E-state index contributed by atoms with van der Waals surface area (Å²) in [6.07, 6.45) is 4.93. The molecule has 0 aliphatic heterocycles. The molecule has 0 radical (unpaired) electrons. The second-order valence-corrected chi connectivity index (χ2v) is 4.68. The number of pyridine rings is 1. The van der Waals surface area contributed by atoms with Gasteiger partial charge < -0.3 is 0 Å². The fraction of sp³-hybridized carbons (Fsp3) is 0. The van der Waals surface area contributed by atoms with E-state index in [1.807, 2.05) is 6.07 Å². The van der Waals surface area contributed by atoms with Gasteiger partial charge in [-0.15, -0.1) is 0 Å². The zero-order valence-electron chi connectivity index (χ0n) is 9.14. The molecule has 0 amide bonds. The van der Waals surface area contributed by atoms with E-state index in [2.05, 4.69) is 30.9 Å². The number of nitrogens with zero attached hydrogens (tertiary/aromatic N) is 3. The number of hydrogen-bond acceptors (Lipinski definition) is 3. The lowest BCUT2D eigenvalue weighted by Gasteiger charge is -2.03. The van der Waals surface area contributed by atoms with Gasteiger partial charge in [-0.05, 0) is 24.3 Å². The van der Waals surface area contributed by atoms with E-state index in [4.69, 9.17) is 0 Å². The van der Waals surface area contributed by atoms with Crippen LogP contribution in [0.2, 0.25) is 0 Å². The zero-order valence-corrected chi connectivity index (χ0v) is 10.7. The van der Waals surface area contributed by atoms with Crippen LogP contribution in [-0.2, 0) is 0 Å². The number of fused-ring (bicyclic) bond motifs is 1. The Labute approximate surface area is 111 Å². The van der Waals surface area contributed by atoms with Gasteiger partial charge in [0.05, 0.1) is 0 Å². The average molecular weight is 304 g/mol. The highest BCUT2D eigenvalue weighted by Crippen LogP contribution is 2.23. The minimum Gasteiger partial charge on any atom is -0.264 e. The summed E-state index contributed by atoms with van der Waals surface area (Å²) in [5.41, 5.74) is 1.08. The predicted octanol–water partition coefficient (Wildman–Crippen LogP) is 3.59. The van der Waals surface area contributed by atoms with E-state index < -0.39 is 0 Å². The maximum absolute atomic E-state index is 13.8. The average Bonchev–Trinajstić information content (AvgIpc) is 2.39. The molecule has 0 saturated heterocycles. The Kier molecular flexibility index (Phi) is 2.76. The highest BCUT2D eigenvalue weighted by Gasteiger charge is 2.08. The topological polar surface area (TPSA) is 38.7 Å². The lowest BCUT2D eigenvalue weighted by molar-refractivity contribution is 0.636. The summed E-state index contributed by atoms with van der Waals surface area (Å²) in [7, 11) is 0. The predicted molar refractivity (Wildman–Crippen MR) is 70.4 cm³/mol. The summed E-state index contributed by atoms with van der Waals surface area (Å²) >= 11 is 3.24. The molecule has 3 aromatic rings. The summed E-state index contributed by atoms with van der Waals surface area (Å²) in [6, 6.07) is 6.81. The minimum absolute atomic E-state index is 0.312. The molecule has 0 bridgehead atoms. The molecule has 1 aromatic carbocycles. The van der Waals surface area contributed by atoms with Crippen molar-refractivity contribution in [1.29, 1.82) is 0 Å². The maximum Gasteiger partial charge on any atom is 0.161 e. The Hall–Kier alpha value is -1.88. The molecule has 88 valence electrons. The number of hydrogen-bond donors (Lipinski definition) is 0. The third kappa shape index (κ3) is 1.97. The van der Waals surface area contributed by atoms with Gasteiger partial charge in [-0.1, -0.05) is 15.9 Å². The minimum atomic E-state index is -0.369. The van der Waals surface area contributed by atoms with E-state index in [9.17, 15) is 4.39 Å². The van der Waals surface area contributed by atoms with Crippen LogP contribution < -0.4 is 0 Å². The Morgan fingerprint density at radius 1 is 1.17 bits per heavy atom. The third-order valence-electron chi connectivity index (χ3n) is 2.52. The van der Waals surface area contributed by atoms with E-state index in [-0.39, 0.29) is 5.82 Å². The maximum atomic E-state index is 13.8. The first-order valence-corrected chi connectivity index (χ1v) is 6.05. The van der Waals surface area contributed by atoms with Crippen LogP contribution in [0.4, 0.5) is 4.39 Å². The quantitative estimate of drug-likeness (QED) is 0.689. The van der Waals surface area contributed by atoms with Crippen LogP contribution >= 0.6 is 15.9 Å². The van der Waals surface area contributed by atoms with Crippen molar-refractivity contribution in [2.75, 3.05) is 0 Å². The van der Waals surface area contributed by atoms with Crippen LogP contribution in [0.15, 0.2) is 47.3 Å². The van der Waals surface area contributed by atoms with Crippen LogP contribution in [0.25, 0.3) is 22.3 Å². The molecule has 2 aromatic heterocycles. The van der Waals surface area contributed by atoms with E-state index in [1.54, 1.807) is 30.7 Å². The summed E-state index contributed by atoms with van der Waals surface area (Å²) in [5.74, 6) is 0.101. The third-order valence-corrected chi connectivity index (χ3v) is 2.98.